The normalized spacial score (nSPS) is 15.3. The standard InChI is InChI=1S/C21H35N3OS/c1-3-10-23(11-4-2)12-6-9-21(25)22-20-8-5-7-19(17-20)18-24-13-15-26-16-14-24/h5,7-8,17H,3-4,6,9-16,18H2,1-2H3,(H,22,25). The second-order valence-electron chi connectivity index (χ2n) is 7.08. The van der Waals surface area contributed by atoms with Crippen LogP contribution in [0.25, 0.3) is 0 Å². The molecule has 0 spiro atoms. The van der Waals surface area contributed by atoms with E-state index in [1.165, 1.54) is 29.9 Å². The molecule has 0 radical (unpaired) electrons. The summed E-state index contributed by atoms with van der Waals surface area (Å²) < 4.78 is 0. The molecule has 0 atom stereocenters. The van der Waals surface area contributed by atoms with E-state index >= 15 is 0 Å². The second kappa shape index (κ2) is 12.4. The lowest BCUT2D eigenvalue weighted by Gasteiger charge is -2.26. The molecule has 1 fully saturated rings. The van der Waals surface area contributed by atoms with E-state index in [-0.39, 0.29) is 5.91 Å². The first-order valence-corrected chi connectivity index (χ1v) is 11.3. The van der Waals surface area contributed by atoms with Gasteiger partial charge in [0.2, 0.25) is 5.91 Å². The lowest BCUT2D eigenvalue weighted by atomic mass is 10.1. The van der Waals surface area contributed by atoms with Gasteiger partial charge in [-0.3, -0.25) is 9.69 Å². The maximum Gasteiger partial charge on any atom is 0.224 e. The van der Waals surface area contributed by atoms with Crippen molar-refractivity contribution in [3.05, 3.63) is 29.8 Å². The van der Waals surface area contributed by atoms with E-state index in [2.05, 4.69) is 41.1 Å². The van der Waals surface area contributed by atoms with E-state index in [1.54, 1.807) is 0 Å². The Kier molecular flexibility index (Phi) is 10.1. The molecular formula is C21H35N3OS. The van der Waals surface area contributed by atoms with Crippen LogP contribution in [0.3, 0.4) is 0 Å². The Morgan fingerprint density at radius 2 is 1.88 bits per heavy atom. The number of hydrogen-bond donors (Lipinski definition) is 1. The molecule has 4 nitrogen and oxygen atoms in total. The van der Waals surface area contributed by atoms with Crippen LogP contribution in [0.2, 0.25) is 0 Å². The molecule has 0 aliphatic carbocycles. The molecule has 1 amide bonds. The van der Waals surface area contributed by atoms with Gasteiger partial charge in [0, 0.05) is 43.2 Å². The van der Waals surface area contributed by atoms with Crippen LogP contribution >= 0.6 is 11.8 Å². The van der Waals surface area contributed by atoms with E-state index < -0.39 is 0 Å². The van der Waals surface area contributed by atoms with Crippen LogP contribution < -0.4 is 5.32 Å². The Morgan fingerprint density at radius 1 is 1.15 bits per heavy atom. The number of carbonyl (C=O) groups excluding carboxylic acids is 1. The molecule has 0 unspecified atom stereocenters. The molecule has 0 saturated carbocycles. The first-order valence-electron chi connectivity index (χ1n) is 10.1. The Hall–Kier alpha value is -1.04. The number of thioether (sulfide) groups is 1. The molecule has 1 N–H and O–H groups in total. The van der Waals surface area contributed by atoms with Gasteiger partial charge >= 0.3 is 0 Å². The first-order chi connectivity index (χ1) is 12.7. The van der Waals surface area contributed by atoms with E-state index in [0.717, 1.165) is 51.4 Å². The summed E-state index contributed by atoms with van der Waals surface area (Å²) in [5.41, 5.74) is 2.21. The van der Waals surface area contributed by atoms with Gasteiger partial charge in [0.05, 0.1) is 0 Å². The fourth-order valence-electron chi connectivity index (χ4n) is 3.42. The molecule has 26 heavy (non-hydrogen) atoms. The van der Waals surface area contributed by atoms with Crippen LogP contribution in [0.5, 0.6) is 0 Å². The van der Waals surface area contributed by atoms with Gasteiger partial charge in [0.25, 0.3) is 0 Å². The third-order valence-electron chi connectivity index (χ3n) is 4.68. The molecule has 5 heteroatoms. The van der Waals surface area contributed by atoms with Crippen molar-refractivity contribution in [2.45, 2.75) is 46.1 Å². The highest BCUT2D eigenvalue weighted by molar-refractivity contribution is 7.99. The lowest BCUT2D eigenvalue weighted by Crippen LogP contribution is -2.31. The number of nitrogens with one attached hydrogen (secondary N) is 1. The molecule has 146 valence electrons. The highest BCUT2D eigenvalue weighted by Gasteiger charge is 2.11. The van der Waals surface area contributed by atoms with Gasteiger partial charge in [0.15, 0.2) is 0 Å². The van der Waals surface area contributed by atoms with Crippen LogP contribution in [0.1, 0.15) is 45.1 Å². The fraction of sp³-hybridized carbons (Fsp3) is 0.667. The zero-order chi connectivity index (χ0) is 18.6. The lowest BCUT2D eigenvalue weighted by molar-refractivity contribution is -0.116. The zero-order valence-corrected chi connectivity index (χ0v) is 17.3. The van der Waals surface area contributed by atoms with Gasteiger partial charge in [-0.1, -0.05) is 26.0 Å². The quantitative estimate of drug-likeness (QED) is 0.630. The summed E-state index contributed by atoms with van der Waals surface area (Å²) in [5.74, 6) is 2.58. The minimum atomic E-state index is 0.129. The average Bonchev–Trinajstić information content (AvgIpc) is 2.63. The summed E-state index contributed by atoms with van der Waals surface area (Å²) in [6, 6.07) is 8.33. The summed E-state index contributed by atoms with van der Waals surface area (Å²) in [6.45, 7) is 11.0. The van der Waals surface area contributed by atoms with Crippen molar-refractivity contribution >= 4 is 23.4 Å². The number of anilines is 1. The van der Waals surface area contributed by atoms with E-state index in [0.29, 0.717) is 6.42 Å². The van der Waals surface area contributed by atoms with E-state index in [1.807, 2.05) is 23.9 Å². The first kappa shape index (κ1) is 21.3. The van der Waals surface area contributed by atoms with Crippen molar-refractivity contribution in [3.63, 3.8) is 0 Å². The van der Waals surface area contributed by atoms with Crippen molar-refractivity contribution in [1.29, 1.82) is 0 Å². The number of amides is 1. The molecular weight excluding hydrogens is 342 g/mol. The third kappa shape index (κ3) is 8.11. The maximum atomic E-state index is 12.3. The topological polar surface area (TPSA) is 35.6 Å². The molecule has 1 aliphatic rings. The van der Waals surface area contributed by atoms with Gasteiger partial charge in [-0.2, -0.15) is 11.8 Å². The molecule has 1 aromatic rings. The Bertz CT molecular complexity index is 526. The van der Waals surface area contributed by atoms with Crippen LogP contribution in [-0.2, 0) is 11.3 Å². The average molecular weight is 378 g/mol. The summed E-state index contributed by atoms with van der Waals surface area (Å²) in [5, 5.41) is 3.08. The predicted molar refractivity (Wildman–Crippen MR) is 114 cm³/mol. The number of benzene rings is 1. The Balaban J connectivity index is 1.74. The fourth-order valence-corrected chi connectivity index (χ4v) is 4.40. The number of hydrogen-bond acceptors (Lipinski definition) is 4. The summed E-state index contributed by atoms with van der Waals surface area (Å²) >= 11 is 2.03. The Morgan fingerprint density at radius 3 is 2.58 bits per heavy atom. The van der Waals surface area contributed by atoms with Crippen LogP contribution in [0.4, 0.5) is 5.69 Å². The molecule has 1 aromatic carbocycles. The van der Waals surface area contributed by atoms with Crippen LogP contribution in [-0.4, -0.2) is 59.9 Å². The van der Waals surface area contributed by atoms with Crippen molar-refractivity contribution in [2.24, 2.45) is 0 Å². The highest BCUT2D eigenvalue weighted by atomic mass is 32.2. The van der Waals surface area contributed by atoms with Gasteiger partial charge < -0.3 is 10.2 Å². The van der Waals surface area contributed by atoms with Crippen molar-refractivity contribution in [3.8, 4) is 0 Å². The highest BCUT2D eigenvalue weighted by Crippen LogP contribution is 2.16. The summed E-state index contributed by atoms with van der Waals surface area (Å²) in [7, 11) is 0. The second-order valence-corrected chi connectivity index (χ2v) is 8.31. The molecule has 0 bridgehead atoms. The zero-order valence-electron chi connectivity index (χ0n) is 16.5. The monoisotopic (exact) mass is 377 g/mol. The minimum Gasteiger partial charge on any atom is -0.326 e. The van der Waals surface area contributed by atoms with Crippen LogP contribution in [0, 0.1) is 0 Å². The molecule has 1 heterocycles. The van der Waals surface area contributed by atoms with Crippen molar-refractivity contribution in [2.75, 3.05) is 49.5 Å². The summed E-state index contributed by atoms with van der Waals surface area (Å²) in [4.78, 5) is 17.2. The Labute approximate surface area is 163 Å². The third-order valence-corrected chi connectivity index (χ3v) is 5.62. The van der Waals surface area contributed by atoms with E-state index in [9.17, 15) is 4.79 Å². The van der Waals surface area contributed by atoms with Crippen molar-refractivity contribution < 1.29 is 4.79 Å². The van der Waals surface area contributed by atoms with Gasteiger partial charge in [-0.05, 0) is 56.6 Å². The van der Waals surface area contributed by atoms with Gasteiger partial charge in [-0.15, -0.1) is 0 Å². The minimum absolute atomic E-state index is 0.129. The van der Waals surface area contributed by atoms with Crippen LogP contribution in [0.15, 0.2) is 24.3 Å². The SMILES string of the molecule is CCCN(CCC)CCCC(=O)Nc1cccc(CN2CCSCC2)c1. The smallest absolute Gasteiger partial charge is 0.224 e. The predicted octanol–water partition coefficient (Wildman–Crippen LogP) is 4.08. The maximum absolute atomic E-state index is 12.3. The van der Waals surface area contributed by atoms with Gasteiger partial charge in [0.1, 0.15) is 0 Å². The molecule has 1 aliphatic heterocycles. The molecule has 0 aromatic heterocycles. The molecule has 1 saturated heterocycles. The van der Waals surface area contributed by atoms with E-state index in [4.69, 9.17) is 0 Å². The molecule has 2 rings (SSSR count). The number of nitrogens with zero attached hydrogens (tertiary/aromatic N) is 2. The summed E-state index contributed by atoms with van der Waals surface area (Å²) in [6.07, 6.45) is 3.87. The largest absolute Gasteiger partial charge is 0.326 e. The van der Waals surface area contributed by atoms with Crippen molar-refractivity contribution in [1.82, 2.24) is 9.80 Å². The number of carbonyl (C=O) groups is 1. The van der Waals surface area contributed by atoms with Gasteiger partial charge in [-0.25, -0.2) is 0 Å². The number of rotatable bonds is 11.